The number of rotatable bonds is 6. The molecule has 0 aliphatic carbocycles. The smallest absolute Gasteiger partial charge is 0.242 e. The van der Waals surface area contributed by atoms with Crippen molar-refractivity contribution in [2.24, 2.45) is 0 Å². The first-order valence-corrected chi connectivity index (χ1v) is 9.08. The summed E-state index contributed by atoms with van der Waals surface area (Å²) >= 11 is 6.80. The molecule has 2 aromatic heterocycles. The third kappa shape index (κ3) is 4.02. The predicted octanol–water partition coefficient (Wildman–Crippen LogP) is 3.86. The lowest BCUT2D eigenvalue weighted by Crippen LogP contribution is -2.33. The highest BCUT2D eigenvalue weighted by Crippen LogP contribution is 2.23. The van der Waals surface area contributed by atoms with Crippen LogP contribution in [0.25, 0.3) is 10.7 Å². The van der Waals surface area contributed by atoms with Gasteiger partial charge in [-0.05, 0) is 48.3 Å². The number of aromatic nitrogens is 3. The Morgan fingerprint density at radius 1 is 1.40 bits per heavy atom. The van der Waals surface area contributed by atoms with Crippen molar-refractivity contribution in [3.8, 4) is 10.7 Å². The lowest BCUT2D eigenvalue weighted by Gasteiger charge is -2.21. The number of halogens is 1. The number of H-pyrrole nitrogens is 1. The molecule has 8 heteroatoms. The van der Waals surface area contributed by atoms with Crippen LogP contribution in [-0.2, 0) is 17.9 Å². The topological polar surface area (TPSA) is 53.9 Å². The van der Waals surface area contributed by atoms with Crippen LogP contribution in [0.3, 0.4) is 0 Å². The van der Waals surface area contributed by atoms with E-state index in [2.05, 4.69) is 10.2 Å². The largest absolute Gasteiger partial charge is 0.337 e. The Kier molecular flexibility index (Phi) is 5.40. The first-order chi connectivity index (χ1) is 12.1. The Morgan fingerprint density at radius 2 is 2.24 bits per heavy atom. The molecular weight excluding hydrogens is 359 g/mol. The van der Waals surface area contributed by atoms with E-state index in [1.807, 2.05) is 24.4 Å². The molecule has 130 valence electrons. The molecule has 5 nitrogen and oxygen atoms in total. The van der Waals surface area contributed by atoms with Crippen molar-refractivity contribution in [2.45, 2.75) is 20.0 Å². The number of nitrogens with zero attached hydrogens (tertiary/aromatic N) is 3. The lowest BCUT2D eigenvalue weighted by molar-refractivity contribution is -0.132. The summed E-state index contributed by atoms with van der Waals surface area (Å²) < 4.78 is 15.5. The van der Waals surface area contributed by atoms with Crippen LogP contribution in [-0.4, -0.2) is 32.1 Å². The van der Waals surface area contributed by atoms with Crippen LogP contribution in [0.2, 0.25) is 0 Å². The van der Waals surface area contributed by atoms with Gasteiger partial charge < -0.3 is 4.90 Å². The van der Waals surface area contributed by atoms with E-state index >= 15 is 0 Å². The molecular formula is C17H17FN4OS2. The second-order valence-electron chi connectivity index (χ2n) is 5.45. The van der Waals surface area contributed by atoms with Gasteiger partial charge in [0.1, 0.15) is 12.4 Å². The number of hydrogen-bond acceptors (Lipinski definition) is 4. The molecule has 0 fully saturated rings. The fourth-order valence-corrected chi connectivity index (χ4v) is 3.44. The number of carbonyl (C=O) groups excluding carboxylic acids is 1. The van der Waals surface area contributed by atoms with Crippen LogP contribution in [0.5, 0.6) is 0 Å². The third-order valence-electron chi connectivity index (χ3n) is 3.79. The number of amides is 1. The Morgan fingerprint density at radius 3 is 2.92 bits per heavy atom. The number of nitrogens with one attached hydrogen (secondary N) is 1. The third-order valence-corrected chi connectivity index (χ3v) is 4.97. The molecule has 1 N–H and O–H groups in total. The summed E-state index contributed by atoms with van der Waals surface area (Å²) in [6.07, 6.45) is 0. The van der Waals surface area contributed by atoms with Gasteiger partial charge in [0.15, 0.2) is 10.6 Å². The van der Waals surface area contributed by atoms with E-state index in [1.165, 1.54) is 23.5 Å². The summed E-state index contributed by atoms with van der Waals surface area (Å²) in [6, 6.07) is 10.1. The molecule has 0 aliphatic rings. The summed E-state index contributed by atoms with van der Waals surface area (Å²) in [5, 5.41) is 8.92. The quantitative estimate of drug-likeness (QED) is 0.665. The highest BCUT2D eigenvalue weighted by Gasteiger charge is 2.17. The number of likely N-dealkylation sites (N-methyl/N-ethyl adjacent to an activating group) is 1. The lowest BCUT2D eigenvalue weighted by atomic mass is 10.2. The molecule has 1 aromatic carbocycles. The van der Waals surface area contributed by atoms with Crippen LogP contribution < -0.4 is 0 Å². The molecule has 0 saturated carbocycles. The molecule has 0 unspecified atom stereocenters. The monoisotopic (exact) mass is 376 g/mol. The molecule has 25 heavy (non-hydrogen) atoms. The van der Waals surface area contributed by atoms with E-state index in [0.717, 1.165) is 10.4 Å². The molecule has 3 rings (SSSR count). The van der Waals surface area contributed by atoms with Crippen molar-refractivity contribution in [1.29, 1.82) is 0 Å². The zero-order chi connectivity index (χ0) is 17.8. The van der Waals surface area contributed by atoms with Gasteiger partial charge in [0.05, 0.1) is 4.88 Å². The van der Waals surface area contributed by atoms with Gasteiger partial charge >= 0.3 is 0 Å². The fourth-order valence-electron chi connectivity index (χ4n) is 2.53. The maximum Gasteiger partial charge on any atom is 0.242 e. The minimum Gasteiger partial charge on any atom is -0.337 e. The molecule has 2 heterocycles. The molecule has 0 atom stereocenters. The van der Waals surface area contributed by atoms with E-state index in [1.54, 1.807) is 21.6 Å². The van der Waals surface area contributed by atoms with Crippen molar-refractivity contribution < 1.29 is 9.18 Å². The van der Waals surface area contributed by atoms with Crippen molar-refractivity contribution in [3.05, 3.63) is 57.9 Å². The second-order valence-corrected chi connectivity index (χ2v) is 6.79. The average Bonchev–Trinajstić information content (AvgIpc) is 3.23. The molecule has 0 radical (unpaired) electrons. The summed E-state index contributed by atoms with van der Waals surface area (Å²) in [4.78, 5) is 15.3. The summed E-state index contributed by atoms with van der Waals surface area (Å²) in [5.41, 5.74) is 0.754. The Balaban J connectivity index is 1.79. The van der Waals surface area contributed by atoms with E-state index in [-0.39, 0.29) is 18.3 Å². The molecule has 0 aliphatic heterocycles. The number of thiophene rings is 1. The van der Waals surface area contributed by atoms with Crippen molar-refractivity contribution in [1.82, 2.24) is 19.7 Å². The van der Waals surface area contributed by atoms with Crippen molar-refractivity contribution >= 4 is 29.5 Å². The SMILES string of the molecule is CCN(Cc1cccc(F)c1)C(=O)Cn1c(-c2cccs2)n[nH]c1=S. The summed E-state index contributed by atoms with van der Waals surface area (Å²) in [5.74, 6) is 0.246. The van der Waals surface area contributed by atoms with Crippen molar-refractivity contribution in [2.75, 3.05) is 6.54 Å². The molecule has 1 amide bonds. The molecule has 0 spiro atoms. The maximum atomic E-state index is 13.4. The molecule has 3 aromatic rings. The van der Waals surface area contributed by atoms with Gasteiger partial charge in [-0.25, -0.2) is 4.39 Å². The van der Waals surface area contributed by atoms with E-state index in [4.69, 9.17) is 12.2 Å². The normalized spacial score (nSPS) is 10.8. The number of benzene rings is 1. The number of hydrogen-bond donors (Lipinski definition) is 1. The van der Waals surface area contributed by atoms with E-state index < -0.39 is 0 Å². The number of carbonyl (C=O) groups is 1. The minimum absolute atomic E-state index is 0.0890. The van der Waals surface area contributed by atoms with Crippen LogP contribution in [0.1, 0.15) is 12.5 Å². The summed E-state index contributed by atoms with van der Waals surface area (Å²) in [6.45, 7) is 2.86. The minimum atomic E-state index is -0.307. The number of aromatic amines is 1. The Labute approximate surface area is 153 Å². The van der Waals surface area contributed by atoms with Crippen LogP contribution in [0, 0.1) is 10.6 Å². The van der Waals surface area contributed by atoms with Crippen molar-refractivity contribution in [3.63, 3.8) is 0 Å². The van der Waals surface area contributed by atoms with Crippen LogP contribution >= 0.6 is 23.6 Å². The van der Waals surface area contributed by atoms with Gasteiger partial charge in [-0.3, -0.25) is 14.5 Å². The van der Waals surface area contributed by atoms with Gasteiger partial charge in [0, 0.05) is 13.1 Å². The Hall–Kier alpha value is -2.32. The van der Waals surface area contributed by atoms with Gasteiger partial charge in [-0.2, -0.15) is 5.10 Å². The summed E-state index contributed by atoms with van der Waals surface area (Å²) in [7, 11) is 0. The first-order valence-electron chi connectivity index (χ1n) is 7.79. The van der Waals surface area contributed by atoms with Crippen LogP contribution in [0.15, 0.2) is 41.8 Å². The second kappa shape index (κ2) is 7.71. The van der Waals surface area contributed by atoms with Gasteiger partial charge in [-0.15, -0.1) is 11.3 Å². The highest BCUT2D eigenvalue weighted by molar-refractivity contribution is 7.71. The Bertz CT molecular complexity index is 917. The fraction of sp³-hybridized carbons (Fsp3) is 0.235. The van der Waals surface area contributed by atoms with Gasteiger partial charge in [0.2, 0.25) is 5.91 Å². The zero-order valence-corrected chi connectivity index (χ0v) is 15.2. The predicted molar refractivity (Wildman–Crippen MR) is 98.2 cm³/mol. The average molecular weight is 376 g/mol. The van der Waals surface area contributed by atoms with Crippen LogP contribution in [0.4, 0.5) is 4.39 Å². The zero-order valence-electron chi connectivity index (χ0n) is 13.6. The van der Waals surface area contributed by atoms with Gasteiger partial charge in [-0.1, -0.05) is 18.2 Å². The van der Waals surface area contributed by atoms with E-state index in [9.17, 15) is 9.18 Å². The highest BCUT2D eigenvalue weighted by atomic mass is 32.1. The first kappa shape index (κ1) is 17.5. The van der Waals surface area contributed by atoms with Gasteiger partial charge in [0.25, 0.3) is 0 Å². The maximum absolute atomic E-state index is 13.4. The molecule has 0 bridgehead atoms. The molecule has 0 saturated heterocycles. The van der Waals surface area contributed by atoms with E-state index in [0.29, 0.717) is 23.7 Å². The standard InChI is InChI=1S/C17H17FN4OS2/c1-2-21(10-12-5-3-6-13(18)9-12)15(23)11-22-16(19-20-17(22)24)14-7-4-8-25-14/h3-9H,2,10-11H2,1H3,(H,20,24).